The predicted octanol–water partition coefficient (Wildman–Crippen LogP) is 4.69. The summed E-state index contributed by atoms with van der Waals surface area (Å²) in [5, 5.41) is 0. The van der Waals surface area contributed by atoms with Gasteiger partial charge in [-0.25, -0.2) is 0 Å². The molecule has 3 rings (SSSR count). The van der Waals surface area contributed by atoms with Gasteiger partial charge in [-0.15, -0.1) is 0 Å². The molecule has 0 radical (unpaired) electrons. The van der Waals surface area contributed by atoms with Gasteiger partial charge in [0, 0.05) is 22.3 Å². The lowest BCUT2D eigenvalue weighted by atomic mass is 10.0. The molecule has 0 atom stereocenters. The van der Waals surface area contributed by atoms with Crippen LogP contribution in [-0.2, 0) is 13.1 Å². The van der Waals surface area contributed by atoms with Crippen molar-refractivity contribution in [2.75, 3.05) is 14.1 Å². The number of nitrogens with zero attached hydrogens (tertiary/aromatic N) is 1. The van der Waals surface area contributed by atoms with Crippen molar-refractivity contribution in [2.24, 2.45) is 0 Å². The van der Waals surface area contributed by atoms with E-state index in [0.717, 1.165) is 28.7 Å². The van der Waals surface area contributed by atoms with E-state index >= 15 is 0 Å². The van der Waals surface area contributed by atoms with E-state index in [0.29, 0.717) is 0 Å². The van der Waals surface area contributed by atoms with Gasteiger partial charge in [-0.1, -0.05) is 84.9 Å². The molecule has 0 aromatic heterocycles. The Morgan fingerprint density at radius 2 is 1.08 bits per heavy atom. The molecule has 2 heteroatoms. The first-order valence-electron chi connectivity index (χ1n) is 8.58. The Hall–Kier alpha value is -2.71. The minimum Gasteiger partial charge on any atom is -0.321 e. The maximum Gasteiger partial charge on any atom is 0.193 e. The van der Waals surface area contributed by atoms with Crippen molar-refractivity contribution in [3.8, 4) is 0 Å². The number of benzene rings is 3. The summed E-state index contributed by atoms with van der Waals surface area (Å²) >= 11 is 0. The largest absolute Gasteiger partial charge is 0.321 e. The molecular weight excluding hydrogens is 306 g/mol. The van der Waals surface area contributed by atoms with Crippen LogP contribution < -0.4 is 0 Å². The van der Waals surface area contributed by atoms with Gasteiger partial charge in [0.15, 0.2) is 5.78 Å². The van der Waals surface area contributed by atoms with Crippen LogP contribution in [0, 0.1) is 0 Å². The van der Waals surface area contributed by atoms with E-state index < -0.39 is 0 Å². The summed E-state index contributed by atoms with van der Waals surface area (Å²) in [7, 11) is 4.46. The lowest BCUT2D eigenvalue weighted by Gasteiger charge is -2.30. The second kappa shape index (κ2) is 7.45. The zero-order chi connectivity index (χ0) is 17.7. The molecule has 0 saturated carbocycles. The van der Waals surface area contributed by atoms with Crippen molar-refractivity contribution < 1.29 is 9.28 Å². The molecule has 0 bridgehead atoms. The topological polar surface area (TPSA) is 17.1 Å². The number of carbonyl (C=O) groups excluding carboxylic acids is 1. The fourth-order valence-corrected chi connectivity index (χ4v) is 3.15. The van der Waals surface area contributed by atoms with Crippen LogP contribution in [0.1, 0.15) is 27.0 Å². The van der Waals surface area contributed by atoms with Crippen LogP contribution in [-0.4, -0.2) is 24.4 Å². The highest BCUT2D eigenvalue weighted by molar-refractivity contribution is 6.08. The first kappa shape index (κ1) is 17.1. The van der Waals surface area contributed by atoms with E-state index in [1.165, 1.54) is 11.1 Å². The van der Waals surface area contributed by atoms with Gasteiger partial charge in [-0.05, 0) is 0 Å². The van der Waals surface area contributed by atoms with Gasteiger partial charge in [0.25, 0.3) is 0 Å². The van der Waals surface area contributed by atoms with Gasteiger partial charge in [0.1, 0.15) is 13.1 Å². The highest BCUT2D eigenvalue weighted by Gasteiger charge is 2.17. The number of hydrogen-bond acceptors (Lipinski definition) is 1. The third kappa shape index (κ3) is 4.65. The predicted molar refractivity (Wildman–Crippen MR) is 102 cm³/mol. The first-order chi connectivity index (χ1) is 12.0. The Morgan fingerprint density at radius 3 is 1.64 bits per heavy atom. The summed E-state index contributed by atoms with van der Waals surface area (Å²) in [4.78, 5) is 12.5. The minimum absolute atomic E-state index is 0.0742. The molecule has 0 amide bonds. The second-order valence-corrected chi connectivity index (χ2v) is 7.13. The monoisotopic (exact) mass is 330 g/mol. The average Bonchev–Trinajstić information content (AvgIpc) is 2.62. The van der Waals surface area contributed by atoms with Gasteiger partial charge in [-0.2, -0.15) is 0 Å². The molecule has 3 aromatic carbocycles. The third-order valence-electron chi connectivity index (χ3n) is 4.32. The van der Waals surface area contributed by atoms with Gasteiger partial charge in [-0.3, -0.25) is 4.79 Å². The quantitative estimate of drug-likeness (QED) is 0.473. The van der Waals surface area contributed by atoms with Crippen molar-refractivity contribution in [2.45, 2.75) is 13.1 Å². The molecule has 0 aliphatic heterocycles. The van der Waals surface area contributed by atoms with Crippen LogP contribution >= 0.6 is 0 Å². The Kier molecular flexibility index (Phi) is 5.11. The van der Waals surface area contributed by atoms with Gasteiger partial charge < -0.3 is 4.48 Å². The molecule has 126 valence electrons. The molecule has 0 spiro atoms. The van der Waals surface area contributed by atoms with Crippen LogP contribution in [0.15, 0.2) is 84.9 Å². The lowest BCUT2D eigenvalue weighted by molar-refractivity contribution is -0.916. The van der Waals surface area contributed by atoms with Crippen molar-refractivity contribution >= 4 is 5.78 Å². The average molecular weight is 330 g/mol. The Labute approximate surface area is 150 Å². The fourth-order valence-electron chi connectivity index (χ4n) is 3.15. The molecule has 3 aromatic rings. The summed E-state index contributed by atoms with van der Waals surface area (Å²) in [5.41, 5.74) is 4.05. The molecule has 0 aliphatic rings. The highest BCUT2D eigenvalue weighted by Crippen LogP contribution is 2.16. The van der Waals surface area contributed by atoms with Gasteiger partial charge >= 0.3 is 0 Å². The summed E-state index contributed by atoms with van der Waals surface area (Å²) < 4.78 is 0.871. The van der Waals surface area contributed by atoms with Gasteiger partial charge in [0.2, 0.25) is 0 Å². The molecular formula is C23H24NO+. The van der Waals surface area contributed by atoms with E-state index in [4.69, 9.17) is 0 Å². The standard InChI is InChI=1S/C23H24NO/c1-24(2,17-19-9-5-3-6-10-19)18-20-13-15-22(16-14-20)23(25)21-11-7-4-8-12-21/h3-16H,17-18H2,1-2H3/q+1. The number of quaternary nitrogens is 1. The number of rotatable bonds is 6. The van der Waals surface area contributed by atoms with Crippen molar-refractivity contribution in [1.82, 2.24) is 0 Å². The maximum atomic E-state index is 12.5. The summed E-state index contributed by atoms with van der Waals surface area (Å²) in [5.74, 6) is 0.0742. The van der Waals surface area contributed by atoms with Crippen LogP contribution in [0.2, 0.25) is 0 Å². The summed E-state index contributed by atoms with van der Waals surface area (Å²) in [6.07, 6.45) is 0. The molecule has 0 unspecified atom stereocenters. The molecule has 25 heavy (non-hydrogen) atoms. The molecule has 0 aliphatic carbocycles. The van der Waals surface area contributed by atoms with Crippen molar-refractivity contribution in [3.05, 3.63) is 107 Å². The fraction of sp³-hybridized carbons (Fsp3) is 0.174. The van der Waals surface area contributed by atoms with Crippen molar-refractivity contribution in [3.63, 3.8) is 0 Å². The SMILES string of the molecule is C[N+](C)(Cc1ccccc1)Cc1ccc(C(=O)c2ccccc2)cc1. The number of hydrogen-bond donors (Lipinski definition) is 0. The van der Waals surface area contributed by atoms with Crippen LogP contribution in [0.4, 0.5) is 0 Å². The second-order valence-electron chi connectivity index (χ2n) is 7.13. The highest BCUT2D eigenvalue weighted by atomic mass is 16.1. The maximum absolute atomic E-state index is 12.5. The summed E-state index contributed by atoms with van der Waals surface area (Å²) in [6, 6.07) is 28.0. The van der Waals surface area contributed by atoms with E-state index in [1.54, 1.807) is 0 Å². The lowest BCUT2D eigenvalue weighted by Crippen LogP contribution is -2.37. The van der Waals surface area contributed by atoms with E-state index in [-0.39, 0.29) is 5.78 Å². The molecule has 0 fully saturated rings. The van der Waals surface area contributed by atoms with Gasteiger partial charge in [0.05, 0.1) is 14.1 Å². The van der Waals surface area contributed by atoms with Crippen LogP contribution in [0.5, 0.6) is 0 Å². The smallest absolute Gasteiger partial charge is 0.193 e. The normalized spacial score (nSPS) is 11.3. The van der Waals surface area contributed by atoms with E-state index in [2.05, 4.69) is 50.5 Å². The van der Waals surface area contributed by atoms with Crippen molar-refractivity contribution in [1.29, 1.82) is 0 Å². The Morgan fingerprint density at radius 1 is 0.640 bits per heavy atom. The molecule has 0 heterocycles. The zero-order valence-corrected chi connectivity index (χ0v) is 14.9. The molecule has 0 saturated heterocycles. The van der Waals surface area contributed by atoms with E-state index in [1.807, 2.05) is 48.5 Å². The zero-order valence-electron chi connectivity index (χ0n) is 14.9. The number of carbonyl (C=O) groups is 1. The summed E-state index contributed by atoms with van der Waals surface area (Å²) in [6.45, 7) is 1.90. The first-order valence-corrected chi connectivity index (χ1v) is 8.58. The Balaban J connectivity index is 1.69. The molecule has 2 nitrogen and oxygen atoms in total. The third-order valence-corrected chi connectivity index (χ3v) is 4.32. The van der Waals surface area contributed by atoms with Crippen LogP contribution in [0.25, 0.3) is 0 Å². The van der Waals surface area contributed by atoms with Crippen LogP contribution in [0.3, 0.4) is 0 Å². The minimum atomic E-state index is 0.0742. The Bertz CT molecular complexity index is 821. The van der Waals surface area contributed by atoms with E-state index in [9.17, 15) is 4.79 Å². The number of ketones is 1. The molecule has 0 N–H and O–H groups in total.